The molecule has 0 amide bonds. The second-order valence-corrected chi connectivity index (χ2v) is 5.84. The highest BCUT2D eigenvalue weighted by Gasteiger charge is 2.32. The molecule has 0 radical (unpaired) electrons. The van der Waals surface area contributed by atoms with E-state index in [4.69, 9.17) is 11.5 Å². The maximum Gasteiger partial charge on any atom is 0.418 e. The van der Waals surface area contributed by atoms with Gasteiger partial charge in [0, 0.05) is 14.9 Å². The lowest BCUT2D eigenvalue weighted by Crippen LogP contribution is -2.08. The summed E-state index contributed by atoms with van der Waals surface area (Å²) in [5.74, 6) is 0. The molecule has 0 unspecified atom stereocenters. The predicted octanol–water partition coefficient (Wildman–Crippen LogP) is 4.78. The van der Waals surface area contributed by atoms with Gasteiger partial charge in [0.25, 0.3) is 0 Å². The Hall–Kier alpha value is -1.44. The van der Waals surface area contributed by atoms with Crippen molar-refractivity contribution in [1.29, 1.82) is 0 Å². The summed E-state index contributed by atoms with van der Waals surface area (Å²) in [6.07, 6.45) is -4.36. The molecule has 114 valence electrons. The first-order valence-electron chi connectivity index (χ1n) is 6.06. The van der Waals surface area contributed by atoms with Crippen LogP contribution in [0, 0.1) is 17.4 Å². The van der Waals surface area contributed by atoms with Crippen molar-refractivity contribution >= 4 is 34.0 Å². The summed E-state index contributed by atoms with van der Waals surface area (Å²) >= 11 is 1.81. The van der Waals surface area contributed by atoms with Gasteiger partial charge < -0.3 is 11.5 Å². The van der Waals surface area contributed by atoms with Gasteiger partial charge >= 0.3 is 6.18 Å². The minimum Gasteiger partial charge on any atom is -0.399 e. The third kappa shape index (κ3) is 5.45. The van der Waals surface area contributed by atoms with Gasteiger partial charge in [-0.1, -0.05) is 17.7 Å². The van der Waals surface area contributed by atoms with Gasteiger partial charge in [0.2, 0.25) is 0 Å². The van der Waals surface area contributed by atoms with Gasteiger partial charge in [-0.3, -0.25) is 0 Å². The normalized spacial score (nSPS) is 10.8. The molecule has 0 fully saturated rings. The van der Waals surface area contributed by atoms with Crippen molar-refractivity contribution in [3.05, 3.63) is 56.7 Å². The molecule has 0 aliphatic rings. The van der Waals surface area contributed by atoms with Crippen molar-refractivity contribution in [2.24, 2.45) is 0 Å². The topological polar surface area (TPSA) is 52.0 Å². The Morgan fingerprint density at radius 3 is 1.90 bits per heavy atom. The Morgan fingerprint density at radius 2 is 1.48 bits per heavy atom. The molecule has 0 aromatic heterocycles. The summed E-state index contributed by atoms with van der Waals surface area (Å²) in [6.45, 7) is 4.08. The standard InChI is InChI=1S/C8H11N.C7H5F3IN/c1-6-3-4-8(9)7(2)5-6;8-7(9,10)5-3-4(11)1-2-6(5)12/h3-5H,9H2,1-2H3;1-3H,12H2. The Kier molecular flexibility index (Phi) is 5.88. The van der Waals surface area contributed by atoms with Crippen molar-refractivity contribution in [3.63, 3.8) is 0 Å². The van der Waals surface area contributed by atoms with E-state index in [0.29, 0.717) is 3.57 Å². The summed E-state index contributed by atoms with van der Waals surface area (Å²) < 4.78 is 37.0. The van der Waals surface area contributed by atoms with E-state index in [9.17, 15) is 13.2 Å². The van der Waals surface area contributed by atoms with Crippen molar-refractivity contribution in [3.8, 4) is 0 Å². The number of aryl methyl sites for hydroxylation is 2. The lowest BCUT2D eigenvalue weighted by Gasteiger charge is -2.09. The SMILES string of the molecule is Cc1ccc(N)c(C)c1.Nc1ccc(I)cc1C(F)(F)F. The number of halogens is 4. The molecule has 2 nitrogen and oxygen atoms in total. The van der Waals surface area contributed by atoms with Crippen LogP contribution in [-0.4, -0.2) is 0 Å². The largest absolute Gasteiger partial charge is 0.418 e. The Balaban J connectivity index is 0.000000219. The van der Waals surface area contributed by atoms with Gasteiger partial charge in [0.1, 0.15) is 0 Å². The van der Waals surface area contributed by atoms with Crippen molar-refractivity contribution < 1.29 is 13.2 Å². The molecule has 0 spiro atoms. The van der Waals surface area contributed by atoms with Crippen molar-refractivity contribution in [2.45, 2.75) is 20.0 Å². The molecule has 21 heavy (non-hydrogen) atoms. The summed E-state index contributed by atoms with van der Waals surface area (Å²) in [5, 5.41) is 0. The first-order chi connectivity index (χ1) is 9.61. The van der Waals surface area contributed by atoms with Crippen molar-refractivity contribution in [2.75, 3.05) is 11.5 Å². The second kappa shape index (κ2) is 7.02. The number of nitrogens with two attached hydrogens (primary N) is 2. The highest BCUT2D eigenvalue weighted by Crippen LogP contribution is 2.34. The van der Waals surface area contributed by atoms with E-state index in [1.165, 1.54) is 17.7 Å². The maximum atomic E-state index is 12.1. The van der Waals surface area contributed by atoms with E-state index in [1.54, 1.807) is 22.6 Å². The fraction of sp³-hybridized carbons (Fsp3) is 0.200. The number of benzene rings is 2. The first-order valence-corrected chi connectivity index (χ1v) is 7.14. The molecule has 4 N–H and O–H groups in total. The number of hydrogen-bond donors (Lipinski definition) is 2. The van der Waals surface area contributed by atoms with E-state index in [0.717, 1.165) is 17.3 Å². The third-order valence-corrected chi connectivity index (χ3v) is 3.42. The van der Waals surface area contributed by atoms with E-state index < -0.39 is 11.7 Å². The second-order valence-electron chi connectivity index (χ2n) is 4.59. The number of hydrogen-bond acceptors (Lipinski definition) is 2. The molecule has 0 saturated carbocycles. The highest BCUT2D eigenvalue weighted by atomic mass is 127. The average Bonchev–Trinajstić information content (AvgIpc) is 2.37. The fourth-order valence-corrected chi connectivity index (χ4v) is 2.09. The molecule has 2 rings (SSSR count). The van der Waals surface area contributed by atoms with E-state index in [1.807, 2.05) is 19.1 Å². The highest BCUT2D eigenvalue weighted by molar-refractivity contribution is 14.1. The molecule has 2 aromatic carbocycles. The smallest absolute Gasteiger partial charge is 0.399 e. The lowest BCUT2D eigenvalue weighted by atomic mass is 10.1. The van der Waals surface area contributed by atoms with Gasteiger partial charge in [-0.2, -0.15) is 13.2 Å². The fourth-order valence-electron chi connectivity index (χ4n) is 1.60. The van der Waals surface area contributed by atoms with Gasteiger partial charge in [-0.05, 0) is 66.3 Å². The molecular formula is C15H16F3IN2. The molecule has 0 atom stereocenters. The molecular weight excluding hydrogens is 392 g/mol. The van der Waals surface area contributed by atoms with Crippen LogP contribution < -0.4 is 11.5 Å². The molecule has 0 saturated heterocycles. The van der Waals surface area contributed by atoms with Crippen LogP contribution in [0.15, 0.2) is 36.4 Å². The molecule has 0 aliphatic heterocycles. The minimum absolute atomic E-state index is 0.233. The predicted molar refractivity (Wildman–Crippen MR) is 88.9 cm³/mol. The van der Waals surface area contributed by atoms with E-state index >= 15 is 0 Å². The zero-order valence-corrected chi connectivity index (χ0v) is 13.8. The van der Waals surface area contributed by atoms with Crippen molar-refractivity contribution in [1.82, 2.24) is 0 Å². The average molecular weight is 408 g/mol. The molecule has 6 heteroatoms. The van der Waals surface area contributed by atoms with Crippen LogP contribution >= 0.6 is 22.6 Å². The Labute approximate surface area is 135 Å². The van der Waals surface area contributed by atoms with Crippen LogP contribution in [0.5, 0.6) is 0 Å². The molecule has 2 aromatic rings. The van der Waals surface area contributed by atoms with Gasteiger partial charge in [-0.25, -0.2) is 0 Å². The number of anilines is 2. The molecule has 0 bridgehead atoms. The summed E-state index contributed by atoms with van der Waals surface area (Å²) in [5.41, 5.74) is 13.0. The lowest BCUT2D eigenvalue weighted by molar-refractivity contribution is -0.136. The van der Waals surface area contributed by atoms with Crippen LogP contribution in [0.4, 0.5) is 24.5 Å². The summed E-state index contributed by atoms with van der Waals surface area (Å²) in [4.78, 5) is 0. The monoisotopic (exact) mass is 408 g/mol. The van der Waals surface area contributed by atoms with Gasteiger partial charge in [0.15, 0.2) is 0 Å². The van der Waals surface area contributed by atoms with Crippen LogP contribution in [0.2, 0.25) is 0 Å². The van der Waals surface area contributed by atoms with Gasteiger partial charge in [0.05, 0.1) is 5.56 Å². The third-order valence-electron chi connectivity index (χ3n) is 2.75. The molecule has 0 aliphatic carbocycles. The number of alkyl halides is 3. The summed E-state index contributed by atoms with van der Waals surface area (Å²) in [6, 6.07) is 9.84. The zero-order chi connectivity index (χ0) is 16.2. The van der Waals surface area contributed by atoms with Gasteiger partial charge in [-0.15, -0.1) is 0 Å². The van der Waals surface area contributed by atoms with Crippen LogP contribution in [-0.2, 0) is 6.18 Å². The first kappa shape index (κ1) is 17.6. The Bertz CT molecular complexity index is 625. The van der Waals surface area contributed by atoms with Crippen LogP contribution in [0.1, 0.15) is 16.7 Å². The minimum atomic E-state index is -4.36. The molecule has 0 heterocycles. The van der Waals surface area contributed by atoms with Crippen LogP contribution in [0.25, 0.3) is 0 Å². The number of nitrogen functional groups attached to an aromatic ring is 2. The van der Waals surface area contributed by atoms with Crippen LogP contribution in [0.3, 0.4) is 0 Å². The summed E-state index contributed by atoms with van der Waals surface area (Å²) in [7, 11) is 0. The Morgan fingerprint density at radius 1 is 0.905 bits per heavy atom. The maximum absolute atomic E-state index is 12.1. The quantitative estimate of drug-likeness (QED) is 0.487. The van der Waals surface area contributed by atoms with E-state index in [2.05, 4.69) is 13.0 Å². The number of rotatable bonds is 0. The van der Waals surface area contributed by atoms with E-state index in [-0.39, 0.29) is 5.69 Å². The zero-order valence-electron chi connectivity index (χ0n) is 11.6.